The van der Waals surface area contributed by atoms with Gasteiger partial charge in [0.15, 0.2) is 11.0 Å². The van der Waals surface area contributed by atoms with Gasteiger partial charge in [-0.05, 0) is 5.56 Å². The lowest BCUT2D eigenvalue weighted by Gasteiger charge is -2.08. The monoisotopic (exact) mass is 407 g/mol. The third-order valence-electron chi connectivity index (χ3n) is 3.94. The molecule has 0 saturated heterocycles. The lowest BCUT2D eigenvalue weighted by molar-refractivity contribution is -0.117. The van der Waals surface area contributed by atoms with Crippen LogP contribution in [0.2, 0.25) is 0 Å². The van der Waals surface area contributed by atoms with Gasteiger partial charge in [-0.1, -0.05) is 78.5 Å². The van der Waals surface area contributed by atoms with Crippen molar-refractivity contribution in [1.29, 1.82) is 0 Å². The molecule has 3 aromatic rings. The molecule has 0 aliphatic carbocycles. The van der Waals surface area contributed by atoms with Crippen LogP contribution in [0.5, 0.6) is 0 Å². The number of carbonyl (C=O) groups excluding carboxylic acids is 2. The number of nitrogens with one attached hydrogen (secondary N) is 2. The molecule has 0 fully saturated rings. The van der Waals surface area contributed by atoms with E-state index in [1.165, 1.54) is 11.8 Å². The van der Waals surface area contributed by atoms with E-state index < -0.39 is 11.9 Å². The van der Waals surface area contributed by atoms with E-state index in [-0.39, 0.29) is 5.75 Å². The number of benzene rings is 2. The summed E-state index contributed by atoms with van der Waals surface area (Å²) in [6, 6.07) is 18.6. The number of rotatable bonds is 8. The average molecular weight is 407 g/mol. The number of hydrogen-bond donors (Lipinski definition) is 2. The van der Waals surface area contributed by atoms with Crippen LogP contribution >= 0.6 is 11.8 Å². The Hall–Kier alpha value is -3.39. The van der Waals surface area contributed by atoms with Gasteiger partial charge in [-0.25, -0.2) is 4.79 Å². The Bertz CT molecular complexity index is 973. The number of amides is 3. The van der Waals surface area contributed by atoms with Crippen molar-refractivity contribution in [3.05, 3.63) is 78.9 Å². The van der Waals surface area contributed by atoms with Crippen molar-refractivity contribution in [2.75, 3.05) is 5.75 Å². The summed E-state index contributed by atoms with van der Waals surface area (Å²) in [5.41, 5.74) is 1.88. The number of thioether (sulfide) groups is 1. The summed E-state index contributed by atoms with van der Waals surface area (Å²) in [6.07, 6.45) is 1.75. The number of aromatic nitrogens is 3. The smallest absolute Gasteiger partial charge is 0.321 e. The highest BCUT2D eigenvalue weighted by Gasteiger charge is 2.15. The molecule has 1 aromatic heterocycles. The molecule has 8 heteroatoms. The number of imide groups is 1. The van der Waals surface area contributed by atoms with Gasteiger partial charge in [0.25, 0.3) is 0 Å². The third kappa shape index (κ3) is 5.79. The highest BCUT2D eigenvalue weighted by Crippen LogP contribution is 2.23. The topological polar surface area (TPSA) is 88.9 Å². The van der Waals surface area contributed by atoms with Gasteiger partial charge in [-0.2, -0.15) is 0 Å². The van der Waals surface area contributed by atoms with Gasteiger partial charge in [0, 0.05) is 18.7 Å². The second kappa shape index (κ2) is 10.2. The van der Waals surface area contributed by atoms with E-state index in [0.29, 0.717) is 24.1 Å². The maximum absolute atomic E-state index is 12.1. The van der Waals surface area contributed by atoms with Crippen molar-refractivity contribution in [3.8, 4) is 11.4 Å². The fraction of sp³-hybridized carbons (Fsp3) is 0.143. The minimum absolute atomic E-state index is 0.0445. The minimum atomic E-state index is -0.531. The van der Waals surface area contributed by atoms with Crippen LogP contribution in [0.4, 0.5) is 4.79 Å². The Labute approximate surface area is 173 Å². The molecule has 0 aliphatic heterocycles. The van der Waals surface area contributed by atoms with Gasteiger partial charge >= 0.3 is 6.03 Å². The molecule has 0 bridgehead atoms. The molecule has 2 aromatic carbocycles. The van der Waals surface area contributed by atoms with Crippen LogP contribution in [0.15, 0.2) is 78.5 Å². The van der Waals surface area contributed by atoms with Crippen LogP contribution in [0.3, 0.4) is 0 Å². The first-order valence-corrected chi connectivity index (χ1v) is 10.00. The summed E-state index contributed by atoms with van der Waals surface area (Å²) in [7, 11) is 0. The number of carbonyl (C=O) groups is 2. The normalized spacial score (nSPS) is 10.3. The zero-order valence-electron chi connectivity index (χ0n) is 15.7. The first-order valence-electron chi connectivity index (χ1n) is 9.01. The lowest BCUT2D eigenvalue weighted by Crippen LogP contribution is -2.40. The summed E-state index contributed by atoms with van der Waals surface area (Å²) in [5.74, 6) is 0.340. The summed E-state index contributed by atoms with van der Waals surface area (Å²) >= 11 is 1.22. The predicted octanol–water partition coefficient (Wildman–Crippen LogP) is 3.25. The molecule has 3 amide bonds. The van der Waals surface area contributed by atoms with Gasteiger partial charge in [0.2, 0.25) is 5.91 Å². The molecule has 0 atom stereocenters. The van der Waals surface area contributed by atoms with Crippen LogP contribution in [0.1, 0.15) is 5.56 Å². The van der Waals surface area contributed by atoms with Gasteiger partial charge in [-0.3, -0.25) is 14.7 Å². The summed E-state index contributed by atoms with van der Waals surface area (Å²) in [5, 5.41) is 14.0. The fourth-order valence-corrected chi connectivity index (χ4v) is 3.35. The molecule has 1 heterocycles. The molecule has 0 radical (unpaired) electrons. The Morgan fingerprint density at radius 1 is 1.03 bits per heavy atom. The maximum atomic E-state index is 12.1. The van der Waals surface area contributed by atoms with E-state index in [1.807, 2.05) is 65.2 Å². The first-order chi connectivity index (χ1) is 14.2. The molecular formula is C21H21N5O2S. The molecule has 0 unspecified atom stereocenters. The standard InChI is InChI=1S/C21H21N5O2S/c1-2-13-26-19(17-11-7-4-8-12-17)24-25-21(26)29-15-18(27)23-20(28)22-14-16-9-5-3-6-10-16/h2-12H,1,13-15H2,(H2,22,23,27,28). The van der Waals surface area contributed by atoms with Crippen LogP contribution in [0, 0.1) is 0 Å². The largest absolute Gasteiger partial charge is 0.334 e. The molecule has 0 spiro atoms. The Kier molecular flexibility index (Phi) is 7.18. The Morgan fingerprint density at radius 2 is 1.72 bits per heavy atom. The molecule has 0 aliphatic rings. The van der Waals surface area contributed by atoms with Crippen LogP contribution in [0.25, 0.3) is 11.4 Å². The quantitative estimate of drug-likeness (QED) is 0.442. The molecule has 148 valence electrons. The van der Waals surface area contributed by atoms with Crippen LogP contribution in [-0.4, -0.2) is 32.5 Å². The number of allylic oxidation sites excluding steroid dienone is 1. The second-order valence-corrected chi connectivity index (χ2v) is 7.02. The zero-order chi connectivity index (χ0) is 20.5. The van der Waals surface area contributed by atoms with Gasteiger partial charge in [-0.15, -0.1) is 16.8 Å². The van der Waals surface area contributed by atoms with Crippen LogP contribution in [-0.2, 0) is 17.9 Å². The Morgan fingerprint density at radius 3 is 2.41 bits per heavy atom. The average Bonchev–Trinajstić information content (AvgIpc) is 3.15. The van der Waals surface area contributed by atoms with E-state index in [0.717, 1.165) is 11.1 Å². The van der Waals surface area contributed by atoms with Gasteiger partial charge < -0.3 is 5.32 Å². The molecule has 0 saturated carbocycles. The van der Waals surface area contributed by atoms with Crippen molar-refractivity contribution < 1.29 is 9.59 Å². The summed E-state index contributed by atoms with van der Waals surface area (Å²) < 4.78 is 1.88. The number of nitrogens with zero attached hydrogens (tertiary/aromatic N) is 3. The SMILES string of the molecule is C=CCn1c(SCC(=O)NC(=O)NCc2ccccc2)nnc1-c1ccccc1. The number of urea groups is 1. The van der Waals surface area contributed by atoms with Crippen molar-refractivity contribution in [3.63, 3.8) is 0 Å². The van der Waals surface area contributed by atoms with Crippen molar-refractivity contribution >= 4 is 23.7 Å². The first kappa shape index (κ1) is 20.3. The summed E-state index contributed by atoms with van der Waals surface area (Å²) in [6.45, 7) is 4.63. The highest BCUT2D eigenvalue weighted by atomic mass is 32.2. The third-order valence-corrected chi connectivity index (χ3v) is 4.91. The van der Waals surface area contributed by atoms with Crippen molar-refractivity contribution in [2.45, 2.75) is 18.2 Å². The highest BCUT2D eigenvalue weighted by molar-refractivity contribution is 7.99. The van der Waals surface area contributed by atoms with Crippen LogP contribution < -0.4 is 10.6 Å². The van der Waals surface area contributed by atoms with Crippen molar-refractivity contribution in [2.24, 2.45) is 0 Å². The Balaban J connectivity index is 1.55. The second-order valence-electron chi connectivity index (χ2n) is 6.08. The summed E-state index contributed by atoms with van der Waals surface area (Å²) in [4.78, 5) is 24.0. The van der Waals surface area contributed by atoms with E-state index >= 15 is 0 Å². The molecular weight excluding hydrogens is 386 g/mol. The van der Waals surface area contributed by atoms with Crippen molar-refractivity contribution in [1.82, 2.24) is 25.4 Å². The zero-order valence-corrected chi connectivity index (χ0v) is 16.6. The molecule has 7 nitrogen and oxygen atoms in total. The maximum Gasteiger partial charge on any atom is 0.321 e. The minimum Gasteiger partial charge on any atom is -0.334 e. The molecule has 3 rings (SSSR count). The predicted molar refractivity (Wildman–Crippen MR) is 113 cm³/mol. The van der Waals surface area contributed by atoms with Gasteiger partial charge in [0.1, 0.15) is 0 Å². The van der Waals surface area contributed by atoms with E-state index in [9.17, 15) is 9.59 Å². The van der Waals surface area contributed by atoms with E-state index in [2.05, 4.69) is 27.4 Å². The number of hydrogen-bond acceptors (Lipinski definition) is 5. The van der Waals surface area contributed by atoms with Gasteiger partial charge in [0.05, 0.1) is 5.75 Å². The molecule has 29 heavy (non-hydrogen) atoms. The van der Waals surface area contributed by atoms with E-state index in [1.54, 1.807) is 6.08 Å². The fourth-order valence-electron chi connectivity index (χ4n) is 2.61. The molecule has 2 N–H and O–H groups in total. The van der Waals surface area contributed by atoms with E-state index in [4.69, 9.17) is 0 Å². The lowest BCUT2D eigenvalue weighted by atomic mass is 10.2.